The fraction of sp³-hybridized carbons (Fsp3) is 0.375. The van der Waals surface area contributed by atoms with E-state index in [4.69, 9.17) is 11.5 Å². The van der Waals surface area contributed by atoms with E-state index in [0.717, 1.165) is 9.80 Å². The zero-order valence-electron chi connectivity index (χ0n) is 13.0. The average molecular weight is 330 g/mol. The molecule has 4 N–H and O–H groups in total. The molecule has 2 heterocycles. The van der Waals surface area contributed by atoms with Gasteiger partial charge in [-0.05, 0) is 31.5 Å². The summed E-state index contributed by atoms with van der Waals surface area (Å²) in [6.45, 7) is 0.529. The fourth-order valence-electron chi connectivity index (χ4n) is 3.16. The summed E-state index contributed by atoms with van der Waals surface area (Å²) >= 11 is 0. The van der Waals surface area contributed by atoms with Crippen molar-refractivity contribution in [2.75, 3.05) is 18.8 Å². The molecule has 0 bridgehead atoms. The third-order valence-corrected chi connectivity index (χ3v) is 4.36. The highest BCUT2D eigenvalue weighted by Crippen LogP contribution is 2.31. The van der Waals surface area contributed by atoms with Gasteiger partial charge in [-0.2, -0.15) is 0 Å². The fourth-order valence-corrected chi connectivity index (χ4v) is 3.16. The molecule has 8 heteroatoms. The zero-order chi connectivity index (χ0) is 17.4. The molecule has 0 spiro atoms. The Bertz CT molecular complexity index is 746. The van der Waals surface area contributed by atoms with Crippen LogP contribution in [0, 0.1) is 0 Å². The summed E-state index contributed by atoms with van der Waals surface area (Å²) in [4.78, 5) is 51.8. The molecule has 2 aliphatic heterocycles. The Balaban J connectivity index is 1.91. The Labute approximate surface area is 138 Å². The molecule has 8 nitrogen and oxygen atoms in total. The van der Waals surface area contributed by atoms with Gasteiger partial charge in [0.2, 0.25) is 5.91 Å². The third kappa shape index (κ3) is 2.35. The SMILES string of the molecule is NCCCN1C(=O)CCC(N2C(=O)c3cccc(N)c3C2=O)C1=O. The highest BCUT2D eigenvalue weighted by Gasteiger charge is 2.47. The molecule has 2 aliphatic rings. The number of amides is 4. The maximum atomic E-state index is 12.6. The number of nitrogens with zero attached hydrogens (tertiary/aromatic N) is 2. The molecule has 126 valence electrons. The van der Waals surface area contributed by atoms with Crippen LogP contribution in [-0.4, -0.2) is 52.6 Å². The number of carbonyl (C=O) groups is 4. The lowest BCUT2D eigenvalue weighted by Crippen LogP contribution is -2.56. The highest BCUT2D eigenvalue weighted by molar-refractivity contribution is 6.25. The predicted molar refractivity (Wildman–Crippen MR) is 84.8 cm³/mol. The number of benzene rings is 1. The van der Waals surface area contributed by atoms with Crippen molar-refractivity contribution in [2.45, 2.75) is 25.3 Å². The number of hydrogen-bond donors (Lipinski definition) is 2. The summed E-state index contributed by atoms with van der Waals surface area (Å²) in [6, 6.07) is 3.65. The number of nitrogens with two attached hydrogens (primary N) is 2. The minimum atomic E-state index is -0.979. The van der Waals surface area contributed by atoms with Crippen LogP contribution in [0.25, 0.3) is 0 Å². The molecule has 0 aliphatic carbocycles. The van der Waals surface area contributed by atoms with Crippen LogP contribution in [0.4, 0.5) is 5.69 Å². The zero-order valence-corrected chi connectivity index (χ0v) is 13.0. The Hall–Kier alpha value is -2.74. The molecule has 0 saturated carbocycles. The molecule has 1 unspecified atom stereocenters. The van der Waals surface area contributed by atoms with Gasteiger partial charge in [0.15, 0.2) is 0 Å². The van der Waals surface area contributed by atoms with Crippen LogP contribution in [0.1, 0.15) is 40.0 Å². The van der Waals surface area contributed by atoms with Gasteiger partial charge in [-0.3, -0.25) is 29.0 Å². The average Bonchev–Trinajstić information content (AvgIpc) is 2.81. The van der Waals surface area contributed by atoms with Gasteiger partial charge >= 0.3 is 0 Å². The summed E-state index contributed by atoms with van der Waals surface area (Å²) in [5.41, 5.74) is 11.8. The number of rotatable bonds is 4. The van der Waals surface area contributed by atoms with Gasteiger partial charge in [0.1, 0.15) is 6.04 Å². The molecule has 0 radical (unpaired) electrons. The van der Waals surface area contributed by atoms with E-state index in [2.05, 4.69) is 0 Å². The van der Waals surface area contributed by atoms with Crippen LogP contribution in [0.3, 0.4) is 0 Å². The Morgan fingerprint density at radius 2 is 1.88 bits per heavy atom. The second-order valence-electron chi connectivity index (χ2n) is 5.83. The van der Waals surface area contributed by atoms with Crippen LogP contribution in [0.15, 0.2) is 18.2 Å². The Morgan fingerprint density at radius 3 is 2.54 bits per heavy atom. The third-order valence-electron chi connectivity index (χ3n) is 4.36. The van der Waals surface area contributed by atoms with E-state index < -0.39 is 23.8 Å². The highest BCUT2D eigenvalue weighted by atomic mass is 16.2. The first-order valence-electron chi connectivity index (χ1n) is 7.78. The maximum Gasteiger partial charge on any atom is 0.264 e. The number of imide groups is 2. The molecule has 1 atom stereocenters. The Kier molecular flexibility index (Phi) is 4.06. The van der Waals surface area contributed by atoms with Gasteiger partial charge in [-0.25, -0.2) is 0 Å². The number of nitrogen functional groups attached to an aromatic ring is 1. The maximum absolute atomic E-state index is 12.6. The molecule has 1 saturated heterocycles. The predicted octanol–water partition coefficient (Wildman–Crippen LogP) is -0.269. The molecule has 1 aromatic rings. The number of likely N-dealkylation sites (tertiary alicyclic amines) is 1. The number of anilines is 1. The van der Waals surface area contributed by atoms with Gasteiger partial charge < -0.3 is 11.5 Å². The summed E-state index contributed by atoms with van der Waals surface area (Å²) < 4.78 is 0. The molecule has 0 aromatic heterocycles. The van der Waals surface area contributed by atoms with Gasteiger partial charge in [-0.15, -0.1) is 0 Å². The van der Waals surface area contributed by atoms with Gasteiger partial charge in [0, 0.05) is 18.7 Å². The second kappa shape index (κ2) is 6.04. The Morgan fingerprint density at radius 1 is 1.12 bits per heavy atom. The number of hydrogen-bond acceptors (Lipinski definition) is 6. The van der Waals surface area contributed by atoms with Gasteiger partial charge in [0.25, 0.3) is 17.7 Å². The van der Waals surface area contributed by atoms with Crippen molar-refractivity contribution in [3.63, 3.8) is 0 Å². The lowest BCUT2D eigenvalue weighted by Gasteiger charge is -2.34. The number of carbonyl (C=O) groups excluding carboxylic acids is 4. The lowest BCUT2D eigenvalue weighted by atomic mass is 10.0. The van der Waals surface area contributed by atoms with E-state index in [1.165, 1.54) is 12.1 Å². The summed E-state index contributed by atoms with van der Waals surface area (Å²) in [5, 5.41) is 0. The van der Waals surface area contributed by atoms with E-state index in [1.807, 2.05) is 0 Å². The summed E-state index contributed by atoms with van der Waals surface area (Å²) in [5.74, 6) is -1.97. The van der Waals surface area contributed by atoms with E-state index in [-0.39, 0.29) is 42.1 Å². The van der Waals surface area contributed by atoms with Crippen molar-refractivity contribution in [1.82, 2.24) is 9.80 Å². The summed E-state index contributed by atoms with van der Waals surface area (Å²) in [7, 11) is 0. The lowest BCUT2D eigenvalue weighted by molar-refractivity contribution is -0.151. The minimum Gasteiger partial charge on any atom is -0.398 e. The summed E-state index contributed by atoms with van der Waals surface area (Å²) in [6.07, 6.45) is 0.700. The van der Waals surface area contributed by atoms with Crippen molar-refractivity contribution < 1.29 is 19.2 Å². The van der Waals surface area contributed by atoms with Crippen molar-refractivity contribution in [3.8, 4) is 0 Å². The number of piperidine rings is 1. The van der Waals surface area contributed by atoms with Crippen molar-refractivity contribution in [1.29, 1.82) is 0 Å². The van der Waals surface area contributed by atoms with Crippen molar-refractivity contribution in [2.24, 2.45) is 5.73 Å². The van der Waals surface area contributed by atoms with Crippen LogP contribution >= 0.6 is 0 Å². The van der Waals surface area contributed by atoms with Crippen molar-refractivity contribution >= 4 is 29.3 Å². The quantitative estimate of drug-likeness (QED) is 0.578. The van der Waals surface area contributed by atoms with Crippen LogP contribution in [0.5, 0.6) is 0 Å². The molecule has 1 fully saturated rings. The van der Waals surface area contributed by atoms with Crippen LogP contribution in [0.2, 0.25) is 0 Å². The van der Waals surface area contributed by atoms with E-state index >= 15 is 0 Å². The molecule has 4 amide bonds. The normalized spacial score (nSPS) is 20.8. The largest absolute Gasteiger partial charge is 0.398 e. The van der Waals surface area contributed by atoms with Crippen molar-refractivity contribution in [3.05, 3.63) is 29.3 Å². The molecule has 1 aromatic carbocycles. The smallest absolute Gasteiger partial charge is 0.264 e. The molecule has 24 heavy (non-hydrogen) atoms. The van der Waals surface area contributed by atoms with Gasteiger partial charge in [0.05, 0.1) is 11.1 Å². The minimum absolute atomic E-state index is 0.101. The van der Waals surface area contributed by atoms with Crippen LogP contribution in [-0.2, 0) is 9.59 Å². The standard InChI is InChI=1S/C16H18N4O4/c17-7-2-8-19-12(21)6-5-11(15(19)23)20-14(22)9-3-1-4-10(18)13(9)16(20)24/h1,3-4,11H,2,5-8,17-18H2. The van der Waals surface area contributed by atoms with Gasteiger partial charge in [-0.1, -0.05) is 6.07 Å². The molecule has 3 rings (SSSR count). The second-order valence-corrected chi connectivity index (χ2v) is 5.83. The first-order chi connectivity index (χ1) is 11.5. The first kappa shape index (κ1) is 16.1. The topological polar surface area (TPSA) is 127 Å². The number of fused-ring (bicyclic) bond motifs is 1. The van der Waals surface area contributed by atoms with E-state index in [0.29, 0.717) is 13.0 Å². The van der Waals surface area contributed by atoms with E-state index in [1.54, 1.807) is 6.07 Å². The van der Waals surface area contributed by atoms with Crippen LogP contribution < -0.4 is 11.5 Å². The molecular weight excluding hydrogens is 312 g/mol. The molecular formula is C16H18N4O4. The first-order valence-corrected chi connectivity index (χ1v) is 7.78. The monoisotopic (exact) mass is 330 g/mol. The van der Waals surface area contributed by atoms with E-state index in [9.17, 15) is 19.2 Å².